The van der Waals surface area contributed by atoms with E-state index in [1.54, 1.807) is 12.1 Å². The van der Waals surface area contributed by atoms with Gasteiger partial charge in [0.05, 0.1) is 24.2 Å². The van der Waals surface area contributed by atoms with Crippen LogP contribution in [0.25, 0.3) is 0 Å². The van der Waals surface area contributed by atoms with E-state index in [-0.39, 0.29) is 30.4 Å². The minimum Gasteiger partial charge on any atom is -0.370 e. The first-order valence-electron chi connectivity index (χ1n) is 7.93. The number of carbonyl (C=O) groups excluding carboxylic acids is 1. The van der Waals surface area contributed by atoms with Gasteiger partial charge in [-0.05, 0) is 37.5 Å². The van der Waals surface area contributed by atoms with E-state index in [2.05, 4.69) is 0 Å². The van der Waals surface area contributed by atoms with Crippen molar-refractivity contribution in [2.24, 2.45) is 5.92 Å². The molecule has 1 heterocycles. The molecule has 1 fully saturated rings. The maximum Gasteiger partial charge on any atom is 0.269 e. The Morgan fingerprint density at radius 3 is 2.58 bits per heavy atom. The second-order valence-corrected chi connectivity index (χ2v) is 6.45. The molecule has 0 spiro atoms. The number of hydrogen-bond donors (Lipinski definition) is 0. The van der Waals surface area contributed by atoms with Crippen LogP contribution in [0, 0.1) is 16.0 Å². The minimum absolute atomic E-state index is 0.0250. The van der Waals surface area contributed by atoms with Gasteiger partial charge >= 0.3 is 0 Å². The van der Waals surface area contributed by atoms with Crippen LogP contribution < -0.4 is 0 Å². The third-order valence-corrected chi connectivity index (χ3v) is 4.02. The number of rotatable bonds is 8. The molecule has 0 unspecified atom stereocenters. The third-order valence-electron chi connectivity index (χ3n) is 4.02. The molecular weight excluding hydrogens is 314 g/mol. The molecule has 1 aliphatic rings. The number of benzene rings is 1. The van der Waals surface area contributed by atoms with Crippen molar-refractivity contribution in [1.29, 1.82) is 0 Å². The summed E-state index contributed by atoms with van der Waals surface area (Å²) in [4.78, 5) is 21.1. The van der Waals surface area contributed by atoms with Gasteiger partial charge in [0.25, 0.3) is 5.69 Å². The lowest BCUT2D eigenvalue weighted by atomic mass is 9.97. The summed E-state index contributed by atoms with van der Waals surface area (Å²) in [6.45, 7) is 6.30. The fraction of sp³-hybridized carbons (Fsp3) is 0.588. The summed E-state index contributed by atoms with van der Waals surface area (Å²) < 4.78 is 17.4. The van der Waals surface area contributed by atoms with E-state index in [1.165, 1.54) is 12.1 Å². The van der Waals surface area contributed by atoms with E-state index in [1.807, 2.05) is 20.8 Å². The van der Waals surface area contributed by atoms with Crippen LogP contribution in [0.15, 0.2) is 24.3 Å². The zero-order valence-electron chi connectivity index (χ0n) is 14.1. The topological polar surface area (TPSA) is 87.9 Å². The van der Waals surface area contributed by atoms with Gasteiger partial charge in [0.2, 0.25) is 0 Å². The molecule has 2 rings (SSSR count). The summed E-state index contributed by atoms with van der Waals surface area (Å²) >= 11 is 0. The Labute approximate surface area is 141 Å². The highest BCUT2D eigenvalue weighted by Gasteiger charge is 2.40. The van der Waals surface area contributed by atoms with Crippen LogP contribution in [0.4, 0.5) is 5.69 Å². The summed E-state index contributed by atoms with van der Waals surface area (Å²) in [5, 5.41) is 10.7. The quantitative estimate of drug-likeness (QED) is 0.412. The van der Waals surface area contributed by atoms with Gasteiger partial charge in [-0.25, -0.2) is 0 Å². The molecule has 1 aromatic carbocycles. The molecule has 0 radical (unpaired) electrons. The standard InChI is InChI=1S/C17H23NO6/c1-12(8-9-19)16(15-11-23-17(2,3)24-15)22-10-13-4-6-14(7-5-13)18(20)21/h4-7,9,12,15-16H,8,10-11H2,1-3H3/t12-,15+,16+/m1/s1. The first-order chi connectivity index (χ1) is 11.3. The summed E-state index contributed by atoms with van der Waals surface area (Å²) in [7, 11) is 0. The Hall–Kier alpha value is -1.83. The Balaban J connectivity index is 2.02. The predicted molar refractivity (Wildman–Crippen MR) is 86.4 cm³/mol. The first-order valence-corrected chi connectivity index (χ1v) is 7.93. The molecule has 0 N–H and O–H groups in total. The van der Waals surface area contributed by atoms with Crippen molar-refractivity contribution in [3.8, 4) is 0 Å². The minimum atomic E-state index is -0.666. The first kappa shape index (κ1) is 18.5. The van der Waals surface area contributed by atoms with Crippen molar-refractivity contribution in [2.75, 3.05) is 6.61 Å². The lowest BCUT2D eigenvalue weighted by Gasteiger charge is -2.28. The van der Waals surface area contributed by atoms with Crippen molar-refractivity contribution >= 4 is 12.0 Å². The molecular formula is C17H23NO6. The monoisotopic (exact) mass is 337 g/mol. The summed E-state index contributed by atoms with van der Waals surface area (Å²) in [5.41, 5.74) is 0.862. The maximum absolute atomic E-state index is 10.8. The average molecular weight is 337 g/mol. The van der Waals surface area contributed by atoms with Gasteiger partial charge in [-0.3, -0.25) is 10.1 Å². The summed E-state index contributed by atoms with van der Waals surface area (Å²) in [6, 6.07) is 6.22. The number of hydrogen-bond acceptors (Lipinski definition) is 6. The number of nitro benzene ring substituents is 1. The second-order valence-electron chi connectivity index (χ2n) is 6.45. The fourth-order valence-corrected chi connectivity index (χ4v) is 2.71. The number of ether oxygens (including phenoxy) is 3. The molecule has 0 amide bonds. The molecule has 7 heteroatoms. The Bertz CT molecular complexity index is 571. The van der Waals surface area contributed by atoms with Crippen LogP contribution >= 0.6 is 0 Å². The van der Waals surface area contributed by atoms with Gasteiger partial charge in [-0.2, -0.15) is 0 Å². The molecule has 0 aromatic heterocycles. The average Bonchev–Trinajstić information content (AvgIpc) is 2.88. The van der Waals surface area contributed by atoms with Crippen molar-refractivity contribution in [3.05, 3.63) is 39.9 Å². The fourth-order valence-electron chi connectivity index (χ4n) is 2.71. The van der Waals surface area contributed by atoms with E-state index < -0.39 is 10.7 Å². The normalized spacial score (nSPS) is 22.0. The molecule has 1 aromatic rings. The number of aldehydes is 1. The van der Waals surface area contributed by atoms with Crippen LogP contribution in [0.1, 0.15) is 32.8 Å². The number of carbonyl (C=O) groups is 1. The van der Waals surface area contributed by atoms with Gasteiger partial charge in [0.1, 0.15) is 12.4 Å². The smallest absolute Gasteiger partial charge is 0.269 e. The van der Waals surface area contributed by atoms with Crippen LogP contribution in [0.5, 0.6) is 0 Å². The molecule has 1 saturated heterocycles. The van der Waals surface area contributed by atoms with Crippen molar-refractivity contribution in [1.82, 2.24) is 0 Å². The van der Waals surface area contributed by atoms with Crippen molar-refractivity contribution in [2.45, 2.75) is 51.8 Å². The van der Waals surface area contributed by atoms with E-state index in [0.717, 1.165) is 11.8 Å². The van der Waals surface area contributed by atoms with E-state index in [0.29, 0.717) is 13.0 Å². The van der Waals surface area contributed by atoms with Crippen molar-refractivity contribution < 1.29 is 23.9 Å². The van der Waals surface area contributed by atoms with Crippen LogP contribution in [-0.2, 0) is 25.6 Å². The van der Waals surface area contributed by atoms with Crippen LogP contribution in [-0.4, -0.2) is 35.8 Å². The highest BCUT2D eigenvalue weighted by Crippen LogP contribution is 2.29. The zero-order chi connectivity index (χ0) is 17.7. The van der Waals surface area contributed by atoms with Crippen LogP contribution in [0.2, 0.25) is 0 Å². The number of non-ortho nitro benzene ring substituents is 1. The number of nitro groups is 1. The highest BCUT2D eigenvalue weighted by atomic mass is 16.7. The lowest BCUT2D eigenvalue weighted by molar-refractivity contribution is -0.384. The molecule has 3 atom stereocenters. The molecule has 0 bridgehead atoms. The molecule has 24 heavy (non-hydrogen) atoms. The number of nitrogens with zero attached hydrogens (tertiary/aromatic N) is 1. The Morgan fingerprint density at radius 1 is 1.42 bits per heavy atom. The van der Waals surface area contributed by atoms with Crippen LogP contribution in [0.3, 0.4) is 0 Å². The van der Waals surface area contributed by atoms with E-state index >= 15 is 0 Å². The van der Waals surface area contributed by atoms with Gasteiger partial charge in [-0.1, -0.05) is 6.92 Å². The lowest BCUT2D eigenvalue weighted by Crippen LogP contribution is -2.38. The maximum atomic E-state index is 10.8. The molecule has 7 nitrogen and oxygen atoms in total. The summed E-state index contributed by atoms with van der Waals surface area (Å²) in [6.07, 6.45) is 0.680. The Morgan fingerprint density at radius 2 is 2.08 bits per heavy atom. The molecule has 0 aliphatic carbocycles. The molecule has 132 valence electrons. The van der Waals surface area contributed by atoms with Gasteiger partial charge in [-0.15, -0.1) is 0 Å². The van der Waals surface area contributed by atoms with Gasteiger partial charge in [0, 0.05) is 18.6 Å². The largest absolute Gasteiger partial charge is 0.370 e. The zero-order valence-corrected chi connectivity index (χ0v) is 14.1. The predicted octanol–water partition coefficient (Wildman–Crippen LogP) is 2.86. The van der Waals surface area contributed by atoms with E-state index in [9.17, 15) is 14.9 Å². The van der Waals surface area contributed by atoms with Gasteiger partial charge in [0.15, 0.2) is 5.79 Å². The summed E-state index contributed by atoms with van der Waals surface area (Å²) in [5.74, 6) is -0.691. The Kier molecular flexibility index (Phi) is 6.04. The molecule has 0 saturated carbocycles. The second kappa shape index (κ2) is 7.83. The molecule has 1 aliphatic heterocycles. The third kappa shape index (κ3) is 4.83. The van der Waals surface area contributed by atoms with E-state index in [4.69, 9.17) is 14.2 Å². The van der Waals surface area contributed by atoms with Gasteiger partial charge < -0.3 is 19.0 Å². The van der Waals surface area contributed by atoms with Crippen molar-refractivity contribution in [3.63, 3.8) is 0 Å². The SMILES string of the molecule is C[C@H](CC=O)[C@H](OCc1ccc([N+](=O)[O-])cc1)[C@@H]1COC(C)(C)O1. The highest BCUT2D eigenvalue weighted by molar-refractivity contribution is 5.49.